The number of hydrogen-bond acceptors (Lipinski definition) is 4. The highest BCUT2D eigenvalue weighted by molar-refractivity contribution is 7.99. The van der Waals surface area contributed by atoms with Crippen molar-refractivity contribution in [2.75, 3.05) is 24.7 Å². The summed E-state index contributed by atoms with van der Waals surface area (Å²) in [6.07, 6.45) is 11.0. The van der Waals surface area contributed by atoms with Gasteiger partial charge in [0.05, 0.1) is 11.7 Å². The molecule has 4 aliphatic rings. The summed E-state index contributed by atoms with van der Waals surface area (Å²) in [4.78, 5) is 0. The van der Waals surface area contributed by atoms with Gasteiger partial charge in [-0.05, 0) is 51.2 Å². The van der Waals surface area contributed by atoms with E-state index in [1.807, 2.05) is 0 Å². The van der Waals surface area contributed by atoms with E-state index in [1.54, 1.807) is 0 Å². The molecule has 0 aromatic carbocycles. The van der Waals surface area contributed by atoms with Gasteiger partial charge >= 0.3 is 0 Å². The summed E-state index contributed by atoms with van der Waals surface area (Å²) >= 11 is 2.07. The molecule has 2 aliphatic carbocycles. The summed E-state index contributed by atoms with van der Waals surface area (Å²) in [7, 11) is 0. The average Bonchev–Trinajstić information content (AvgIpc) is 3.18. The van der Waals surface area contributed by atoms with Crippen LogP contribution in [0.1, 0.15) is 58.3 Å². The van der Waals surface area contributed by atoms with E-state index in [2.05, 4.69) is 24.0 Å². The van der Waals surface area contributed by atoms with Crippen molar-refractivity contribution in [3.05, 3.63) is 0 Å². The molecule has 1 N–H and O–H groups in total. The zero-order valence-corrected chi connectivity index (χ0v) is 14.8. The lowest BCUT2D eigenvalue weighted by atomic mass is 9.60. The highest BCUT2D eigenvalue weighted by atomic mass is 32.2. The molecule has 126 valence electrons. The van der Waals surface area contributed by atoms with E-state index in [0.29, 0.717) is 23.6 Å². The van der Waals surface area contributed by atoms with Crippen LogP contribution < -0.4 is 5.32 Å². The lowest BCUT2D eigenvalue weighted by Crippen LogP contribution is -2.65. The van der Waals surface area contributed by atoms with E-state index in [4.69, 9.17) is 9.47 Å². The van der Waals surface area contributed by atoms with E-state index in [1.165, 1.54) is 62.9 Å². The first-order valence-corrected chi connectivity index (χ1v) is 10.5. The van der Waals surface area contributed by atoms with Crippen LogP contribution >= 0.6 is 11.8 Å². The van der Waals surface area contributed by atoms with Crippen LogP contribution in [-0.4, -0.2) is 48.5 Å². The van der Waals surface area contributed by atoms with Crippen molar-refractivity contribution >= 4 is 11.8 Å². The minimum atomic E-state index is 0.201. The summed E-state index contributed by atoms with van der Waals surface area (Å²) in [5.41, 5.74) is 0.665. The van der Waals surface area contributed by atoms with Gasteiger partial charge in [-0.3, -0.25) is 0 Å². The zero-order chi connectivity index (χ0) is 15.0. The molecule has 0 radical (unpaired) electrons. The van der Waals surface area contributed by atoms with Crippen LogP contribution in [0.2, 0.25) is 0 Å². The van der Waals surface area contributed by atoms with Gasteiger partial charge in [0.25, 0.3) is 0 Å². The number of hydrogen-bond donors (Lipinski definition) is 1. The van der Waals surface area contributed by atoms with Gasteiger partial charge in [0.15, 0.2) is 0 Å². The van der Waals surface area contributed by atoms with Crippen molar-refractivity contribution in [3.8, 4) is 0 Å². The van der Waals surface area contributed by atoms with E-state index >= 15 is 0 Å². The average molecular weight is 326 g/mol. The fourth-order valence-electron chi connectivity index (χ4n) is 5.44. The first-order chi connectivity index (χ1) is 10.8. The van der Waals surface area contributed by atoms with Gasteiger partial charge in [0.1, 0.15) is 0 Å². The topological polar surface area (TPSA) is 30.5 Å². The van der Waals surface area contributed by atoms with Crippen molar-refractivity contribution < 1.29 is 9.47 Å². The fraction of sp³-hybridized carbons (Fsp3) is 1.00. The monoisotopic (exact) mass is 325 g/mol. The second kappa shape index (κ2) is 6.27. The number of nitrogens with one attached hydrogen (secondary N) is 1. The van der Waals surface area contributed by atoms with Crippen LogP contribution in [0.15, 0.2) is 0 Å². The Morgan fingerprint density at radius 3 is 2.86 bits per heavy atom. The maximum atomic E-state index is 6.18. The van der Waals surface area contributed by atoms with Gasteiger partial charge in [-0.1, -0.05) is 12.8 Å². The third-order valence-corrected chi connectivity index (χ3v) is 7.91. The first-order valence-electron chi connectivity index (χ1n) is 9.36. The van der Waals surface area contributed by atoms with Gasteiger partial charge in [-0.2, -0.15) is 11.8 Å². The van der Waals surface area contributed by atoms with Crippen molar-refractivity contribution in [3.63, 3.8) is 0 Å². The molecule has 22 heavy (non-hydrogen) atoms. The molecule has 4 atom stereocenters. The Balaban J connectivity index is 1.38. The molecule has 0 aromatic rings. The molecule has 2 heterocycles. The first kappa shape index (κ1) is 15.7. The van der Waals surface area contributed by atoms with E-state index in [-0.39, 0.29) is 5.60 Å². The van der Waals surface area contributed by atoms with E-state index in [9.17, 15) is 0 Å². The molecule has 0 aromatic heterocycles. The predicted octanol–water partition coefficient (Wildman–Crippen LogP) is 3.37. The van der Waals surface area contributed by atoms with E-state index < -0.39 is 0 Å². The van der Waals surface area contributed by atoms with Crippen LogP contribution in [0.4, 0.5) is 0 Å². The van der Waals surface area contributed by atoms with Crippen molar-refractivity contribution in [2.45, 2.75) is 82.1 Å². The molecular weight excluding hydrogens is 294 g/mol. The quantitative estimate of drug-likeness (QED) is 0.858. The predicted molar refractivity (Wildman–Crippen MR) is 91.5 cm³/mol. The normalized spacial score (nSPS) is 43.8. The SMILES string of the molecule is CCO[C@@H]1C[C@H](N[C@@H]2CCO[C@]3(CCSC3)C2)C12CCCC2. The maximum Gasteiger partial charge on any atom is 0.0795 e. The molecule has 4 heteroatoms. The third-order valence-electron chi connectivity index (χ3n) is 6.68. The summed E-state index contributed by atoms with van der Waals surface area (Å²) in [5, 5.41) is 4.06. The van der Waals surface area contributed by atoms with Gasteiger partial charge in [-0.15, -0.1) is 0 Å². The Morgan fingerprint density at radius 1 is 1.27 bits per heavy atom. The highest BCUT2D eigenvalue weighted by Crippen LogP contribution is 2.55. The fourth-order valence-corrected chi connectivity index (χ4v) is 6.82. The minimum absolute atomic E-state index is 0.201. The molecule has 0 bridgehead atoms. The van der Waals surface area contributed by atoms with Gasteiger partial charge in [-0.25, -0.2) is 0 Å². The Kier molecular flexibility index (Phi) is 4.48. The Hall–Kier alpha value is 0.230. The van der Waals surface area contributed by atoms with Crippen molar-refractivity contribution in [1.29, 1.82) is 0 Å². The number of ether oxygens (including phenoxy) is 2. The molecular formula is C18H31NO2S. The largest absolute Gasteiger partial charge is 0.378 e. The molecule has 0 amide bonds. The molecule has 4 rings (SSSR count). The van der Waals surface area contributed by atoms with E-state index in [0.717, 1.165) is 13.2 Å². The summed E-state index contributed by atoms with van der Waals surface area (Å²) in [5.74, 6) is 2.50. The lowest BCUT2D eigenvalue weighted by molar-refractivity contribution is -0.139. The summed E-state index contributed by atoms with van der Waals surface area (Å²) in [6.45, 7) is 3.97. The van der Waals surface area contributed by atoms with Gasteiger partial charge < -0.3 is 14.8 Å². The second-order valence-electron chi connectivity index (χ2n) is 7.86. The molecule has 2 aliphatic heterocycles. The molecule has 4 fully saturated rings. The minimum Gasteiger partial charge on any atom is -0.378 e. The summed E-state index contributed by atoms with van der Waals surface area (Å²) in [6, 6.07) is 1.36. The van der Waals surface area contributed by atoms with Crippen LogP contribution in [0.25, 0.3) is 0 Å². The van der Waals surface area contributed by atoms with Gasteiger partial charge in [0.2, 0.25) is 0 Å². The molecule has 0 unspecified atom stereocenters. The van der Waals surface area contributed by atoms with Crippen molar-refractivity contribution in [2.24, 2.45) is 5.41 Å². The number of thioether (sulfide) groups is 1. The standard InChI is InChI=1S/C18H31NO2S/c1-2-20-16-11-15(18(16)6-3-4-7-18)19-14-5-9-21-17(12-14)8-10-22-13-17/h14-16,19H,2-13H2,1H3/t14-,15+,16-,17-/m1/s1. The second-order valence-corrected chi connectivity index (χ2v) is 8.97. The van der Waals surface area contributed by atoms with Crippen LogP contribution in [0, 0.1) is 5.41 Å². The van der Waals surface area contributed by atoms with Crippen molar-refractivity contribution in [1.82, 2.24) is 5.32 Å². The third kappa shape index (κ3) is 2.64. The Bertz CT molecular complexity index is 391. The summed E-state index contributed by atoms with van der Waals surface area (Å²) < 4.78 is 12.2. The van der Waals surface area contributed by atoms with Crippen LogP contribution in [0.5, 0.6) is 0 Å². The lowest BCUT2D eigenvalue weighted by Gasteiger charge is -2.56. The maximum absolute atomic E-state index is 6.18. The Morgan fingerprint density at radius 2 is 2.14 bits per heavy atom. The van der Waals surface area contributed by atoms with Gasteiger partial charge in [0, 0.05) is 36.5 Å². The van der Waals surface area contributed by atoms with Crippen LogP contribution in [0.3, 0.4) is 0 Å². The highest BCUT2D eigenvalue weighted by Gasteiger charge is 2.57. The van der Waals surface area contributed by atoms with Crippen LogP contribution in [-0.2, 0) is 9.47 Å². The molecule has 2 spiro atoms. The number of rotatable bonds is 4. The molecule has 2 saturated carbocycles. The Labute approximate surface area is 139 Å². The molecule has 2 saturated heterocycles. The smallest absolute Gasteiger partial charge is 0.0795 e. The molecule has 3 nitrogen and oxygen atoms in total. The zero-order valence-electron chi connectivity index (χ0n) is 13.9.